The van der Waals surface area contributed by atoms with E-state index in [9.17, 15) is 32.7 Å². The highest BCUT2D eigenvalue weighted by Crippen LogP contribution is 2.45. The van der Waals surface area contributed by atoms with Crippen LogP contribution in [0.2, 0.25) is 0 Å². The van der Waals surface area contributed by atoms with Gasteiger partial charge in [0.15, 0.2) is 11.6 Å². The molecule has 4 amide bonds. The summed E-state index contributed by atoms with van der Waals surface area (Å²) in [6.07, 6.45) is 19.1. The fraction of sp³-hybridized carbons (Fsp3) is 0.623. The SMILES string of the molecule is Cc1ncsc1-c1ccc([C@@H](C)NC(=O)[C@H]2C[C@H](O)CN2C(=O)[C@H](NC(=O)CCCCCCCCCCCNC(=O)c2ccccc2Oc2cncnc2N2CC3(CCN(CC4CCC(NS(C)(=O)=O)CC4)CC3)C2)C(C)(C)C)cc1. The molecule has 4 fully saturated rings. The minimum atomic E-state index is -3.17. The summed E-state index contributed by atoms with van der Waals surface area (Å²) >= 11 is 1.58. The van der Waals surface area contributed by atoms with Gasteiger partial charge in [0.25, 0.3) is 5.91 Å². The Morgan fingerprint density at radius 1 is 0.864 bits per heavy atom. The van der Waals surface area contributed by atoms with Crippen LogP contribution in [0.3, 0.4) is 0 Å². The zero-order chi connectivity index (χ0) is 57.7. The molecule has 5 heterocycles. The zero-order valence-corrected chi connectivity index (χ0v) is 50.2. The summed E-state index contributed by atoms with van der Waals surface area (Å²) < 4.78 is 32.6. The number of hydrogen-bond donors (Lipinski definition) is 5. The van der Waals surface area contributed by atoms with Gasteiger partial charge in [-0.25, -0.2) is 28.1 Å². The summed E-state index contributed by atoms with van der Waals surface area (Å²) in [7, 11) is -3.17. The number of thiazole rings is 1. The van der Waals surface area contributed by atoms with Crippen LogP contribution in [0.1, 0.15) is 165 Å². The summed E-state index contributed by atoms with van der Waals surface area (Å²) in [5, 5.41) is 19.8. The summed E-state index contributed by atoms with van der Waals surface area (Å²) in [6, 6.07) is 13.3. The number of β-amino-alcohol motifs (C(OH)–C–C–N with tert-alkyl or cyclic N) is 1. The Bertz CT molecular complexity index is 2840. The van der Waals surface area contributed by atoms with E-state index in [2.05, 4.69) is 45.4 Å². The maximum Gasteiger partial charge on any atom is 0.255 e. The van der Waals surface area contributed by atoms with Crippen molar-refractivity contribution in [1.29, 1.82) is 0 Å². The van der Waals surface area contributed by atoms with E-state index in [0.717, 1.165) is 150 Å². The topological polar surface area (TPSA) is 228 Å². The quantitative estimate of drug-likeness (QED) is 0.0371. The number of aromatic nitrogens is 3. The Kier molecular flexibility index (Phi) is 21.4. The number of carbonyl (C=O) groups excluding carboxylic acids is 4. The van der Waals surface area contributed by atoms with Crippen LogP contribution in [0.25, 0.3) is 10.4 Å². The van der Waals surface area contributed by atoms with E-state index < -0.39 is 33.6 Å². The van der Waals surface area contributed by atoms with Gasteiger partial charge in [0, 0.05) is 57.0 Å². The molecular formula is C61H88N10O8S2. The highest BCUT2D eigenvalue weighted by Gasteiger charge is 2.47. The van der Waals surface area contributed by atoms with Gasteiger partial charge in [-0.15, -0.1) is 11.3 Å². The number of nitrogens with zero attached hydrogens (tertiary/aromatic N) is 6. The Morgan fingerprint density at radius 2 is 1.53 bits per heavy atom. The van der Waals surface area contributed by atoms with Gasteiger partial charge in [0.1, 0.15) is 24.2 Å². The van der Waals surface area contributed by atoms with Gasteiger partial charge < -0.3 is 40.5 Å². The number of rotatable bonds is 26. The maximum absolute atomic E-state index is 14.1. The number of sulfonamides is 1. The Morgan fingerprint density at radius 3 is 2.19 bits per heavy atom. The second-order valence-corrected chi connectivity index (χ2v) is 27.3. The van der Waals surface area contributed by atoms with Crippen molar-refractivity contribution in [2.45, 2.75) is 174 Å². The molecule has 2 aromatic carbocycles. The van der Waals surface area contributed by atoms with Crippen LogP contribution in [0.4, 0.5) is 5.82 Å². The molecule has 1 aliphatic carbocycles. The second kappa shape index (κ2) is 28.2. The number of aliphatic hydroxyl groups excluding tert-OH is 1. The van der Waals surface area contributed by atoms with Gasteiger partial charge in [-0.1, -0.05) is 102 Å². The lowest BCUT2D eigenvalue weighted by molar-refractivity contribution is -0.144. The van der Waals surface area contributed by atoms with Gasteiger partial charge in [0.2, 0.25) is 27.7 Å². The summed E-state index contributed by atoms with van der Waals surface area (Å²) in [4.78, 5) is 75.3. The van der Waals surface area contributed by atoms with Crippen LogP contribution in [-0.4, -0.2) is 138 Å². The number of amides is 4. The second-order valence-electron chi connectivity index (χ2n) is 24.6. The standard InChI is InChI=1S/C61H88N10O8S2/c1-42(45-23-25-46(26-24-45)54-43(2)65-41-80-54)66-58(75)50-34-48(72)37-71(50)59(76)55(60(3,4)5)67-53(73)20-14-12-10-8-7-9-11-13-17-31-63-57(74)49-18-15-16-19-51(49)79-52-35-62-40-64-56(52)70-38-61(39-70)29-32-69(33-30-61)36-44-21-27-47(28-22-44)68-81(6,77)78/h15-16,18-19,23-26,35,40-42,44,47-48,50,55,68,72H,7-14,17,20-22,27-34,36-39H2,1-6H3,(H,63,74)(H,66,75)(H,67,73)/t42-,44?,47?,48+,50-,55+/m1/s1. The Labute approximate surface area is 484 Å². The molecule has 0 unspecified atom stereocenters. The largest absolute Gasteiger partial charge is 0.451 e. The number of unbranched alkanes of at least 4 members (excludes halogenated alkanes) is 8. The minimum Gasteiger partial charge on any atom is -0.451 e. The molecule has 18 nitrogen and oxygen atoms in total. The summed E-state index contributed by atoms with van der Waals surface area (Å²) in [6.45, 7) is 15.2. The van der Waals surface area contributed by atoms with Crippen molar-refractivity contribution >= 4 is 50.8 Å². The van der Waals surface area contributed by atoms with Gasteiger partial charge in [-0.2, -0.15) is 0 Å². The lowest BCUT2D eigenvalue weighted by Crippen LogP contribution is -2.61. The van der Waals surface area contributed by atoms with Crippen molar-refractivity contribution in [3.8, 4) is 21.9 Å². The van der Waals surface area contributed by atoms with Crippen LogP contribution in [0, 0.1) is 23.7 Å². The third-order valence-corrected chi connectivity index (χ3v) is 18.7. The molecule has 4 aliphatic rings. The fourth-order valence-corrected chi connectivity index (χ4v) is 13.9. The average molecular weight is 1150 g/mol. The smallest absolute Gasteiger partial charge is 0.255 e. The van der Waals surface area contributed by atoms with E-state index in [1.54, 1.807) is 29.9 Å². The Balaban J connectivity index is 0.679. The molecular weight excluding hydrogens is 1060 g/mol. The molecule has 3 aliphatic heterocycles. The summed E-state index contributed by atoms with van der Waals surface area (Å²) in [5.41, 5.74) is 4.85. The first kappa shape index (κ1) is 61.5. The lowest BCUT2D eigenvalue weighted by atomic mass is 9.71. The van der Waals surface area contributed by atoms with Crippen molar-refractivity contribution in [2.24, 2.45) is 16.7 Å². The zero-order valence-electron chi connectivity index (χ0n) is 48.6. The molecule has 81 heavy (non-hydrogen) atoms. The number of hydrogen-bond acceptors (Lipinski definition) is 14. The number of carbonyl (C=O) groups is 4. The third kappa shape index (κ3) is 17.3. The van der Waals surface area contributed by atoms with Crippen molar-refractivity contribution in [3.05, 3.63) is 83.4 Å². The molecule has 8 rings (SSSR count). The van der Waals surface area contributed by atoms with Crippen molar-refractivity contribution in [3.63, 3.8) is 0 Å². The predicted octanol–water partition coefficient (Wildman–Crippen LogP) is 8.71. The average Bonchev–Trinajstić information content (AvgIpc) is 4.11. The van der Waals surface area contributed by atoms with Crippen molar-refractivity contribution in [2.75, 3.05) is 57.0 Å². The third-order valence-electron chi connectivity index (χ3n) is 16.9. The molecule has 2 aromatic heterocycles. The number of anilines is 1. The van der Waals surface area contributed by atoms with Crippen LogP contribution in [-0.2, 0) is 24.4 Å². The number of benzene rings is 2. The monoisotopic (exact) mass is 1150 g/mol. The fourth-order valence-electron chi connectivity index (χ4n) is 12.2. The normalized spacial score (nSPS) is 21.0. The number of likely N-dealkylation sites (tertiary alicyclic amines) is 2. The van der Waals surface area contributed by atoms with E-state index >= 15 is 0 Å². The number of aryl methyl sites for hydroxylation is 1. The molecule has 4 aromatic rings. The van der Waals surface area contributed by atoms with Gasteiger partial charge >= 0.3 is 0 Å². The van der Waals surface area contributed by atoms with E-state index in [1.807, 2.05) is 82.6 Å². The van der Waals surface area contributed by atoms with E-state index in [-0.39, 0.29) is 54.1 Å². The van der Waals surface area contributed by atoms with E-state index in [0.29, 0.717) is 42.4 Å². The maximum atomic E-state index is 14.1. The predicted molar refractivity (Wildman–Crippen MR) is 317 cm³/mol. The number of nitrogens with one attached hydrogen (secondary N) is 4. The molecule has 0 radical (unpaired) electrons. The van der Waals surface area contributed by atoms with Gasteiger partial charge in [-0.05, 0) is 113 Å². The Hall–Kier alpha value is -5.54. The minimum absolute atomic E-state index is 0.0237. The van der Waals surface area contributed by atoms with Crippen LogP contribution < -0.4 is 30.3 Å². The summed E-state index contributed by atoms with van der Waals surface area (Å²) in [5.74, 6) is 1.26. The first-order chi connectivity index (χ1) is 38.7. The number of piperidine rings is 1. The highest BCUT2D eigenvalue weighted by atomic mass is 32.2. The van der Waals surface area contributed by atoms with Crippen molar-refractivity contribution < 1.29 is 37.4 Å². The van der Waals surface area contributed by atoms with Crippen molar-refractivity contribution in [1.82, 2.24) is 45.4 Å². The number of ether oxygens (including phenoxy) is 1. The first-order valence-electron chi connectivity index (χ1n) is 29.6. The van der Waals surface area contributed by atoms with Crippen LogP contribution >= 0.6 is 11.3 Å². The first-order valence-corrected chi connectivity index (χ1v) is 32.4. The molecule has 20 heteroatoms. The van der Waals surface area contributed by atoms with E-state index in [4.69, 9.17) is 4.74 Å². The number of aliphatic hydroxyl groups is 1. The van der Waals surface area contributed by atoms with Crippen LogP contribution in [0.15, 0.2) is 66.6 Å². The lowest BCUT2D eigenvalue weighted by Gasteiger charge is -2.54. The molecule has 3 saturated heterocycles. The van der Waals surface area contributed by atoms with Crippen LogP contribution in [0.5, 0.6) is 11.5 Å². The molecule has 442 valence electrons. The molecule has 4 atom stereocenters. The van der Waals surface area contributed by atoms with Gasteiger partial charge in [0.05, 0.1) is 46.2 Å². The van der Waals surface area contributed by atoms with Gasteiger partial charge in [-0.3, -0.25) is 19.2 Å². The van der Waals surface area contributed by atoms with E-state index in [1.165, 1.54) is 11.2 Å². The molecule has 1 spiro atoms. The molecule has 0 bridgehead atoms. The molecule has 1 saturated carbocycles. The molecule has 5 N–H and O–H groups in total. The highest BCUT2D eigenvalue weighted by molar-refractivity contribution is 7.88. The number of para-hydroxylation sites is 1.